The van der Waals surface area contributed by atoms with E-state index in [9.17, 15) is 9.59 Å². The Labute approximate surface area is 217 Å². The van der Waals surface area contributed by atoms with Gasteiger partial charge in [0, 0.05) is 23.6 Å². The molecule has 2 aromatic carbocycles. The number of amides is 2. The van der Waals surface area contributed by atoms with Crippen molar-refractivity contribution in [2.24, 2.45) is 5.92 Å². The topological polar surface area (TPSA) is 67.2 Å². The summed E-state index contributed by atoms with van der Waals surface area (Å²) in [6.07, 6.45) is 0. The van der Waals surface area contributed by atoms with Gasteiger partial charge in [0.05, 0.1) is 21.4 Å². The molecule has 0 aliphatic rings. The average molecular weight is 515 g/mol. The number of nitrogens with one attached hydrogen (secondary N) is 1. The summed E-state index contributed by atoms with van der Waals surface area (Å²) in [6, 6.07) is 14.4. The van der Waals surface area contributed by atoms with Crippen LogP contribution in [0.2, 0.25) is 10.0 Å². The van der Waals surface area contributed by atoms with Crippen LogP contribution in [0.15, 0.2) is 48.5 Å². The predicted octanol–water partition coefficient (Wildman–Crippen LogP) is 6.52. The van der Waals surface area contributed by atoms with Gasteiger partial charge in [-0.2, -0.15) is 5.10 Å². The number of carbonyl (C=O) groups is 2. The van der Waals surface area contributed by atoms with Crippen LogP contribution in [-0.4, -0.2) is 39.6 Å². The highest BCUT2D eigenvalue weighted by Crippen LogP contribution is 2.29. The summed E-state index contributed by atoms with van der Waals surface area (Å²) in [4.78, 5) is 27.9. The number of aromatic nitrogens is 2. The van der Waals surface area contributed by atoms with Gasteiger partial charge in [-0.1, -0.05) is 75.5 Å². The predicted molar refractivity (Wildman–Crippen MR) is 143 cm³/mol. The van der Waals surface area contributed by atoms with Crippen molar-refractivity contribution in [1.82, 2.24) is 14.7 Å². The van der Waals surface area contributed by atoms with Gasteiger partial charge in [0.2, 0.25) is 5.91 Å². The molecule has 0 saturated carbocycles. The van der Waals surface area contributed by atoms with Gasteiger partial charge in [-0.3, -0.25) is 9.59 Å². The van der Waals surface area contributed by atoms with Gasteiger partial charge in [0.1, 0.15) is 12.4 Å². The molecule has 0 bridgehead atoms. The van der Waals surface area contributed by atoms with E-state index in [-0.39, 0.29) is 29.7 Å². The maximum absolute atomic E-state index is 13.2. The van der Waals surface area contributed by atoms with Gasteiger partial charge in [0.25, 0.3) is 5.91 Å². The van der Waals surface area contributed by atoms with Crippen LogP contribution in [0.1, 0.15) is 56.2 Å². The quantitative estimate of drug-likeness (QED) is 0.390. The Bertz CT molecular complexity index is 1210. The molecule has 3 aromatic rings. The SMILES string of the molecule is Cc1ccc(C(=O)N(CC(=O)Nc2cc(C(C)(C)C)nn2-c2ccc(Cl)c(Cl)c2)CC(C)C)cc1. The molecule has 0 fully saturated rings. The number of aryl methyl sites for hydroxylation is 1. The number of hydrogen-bond donors (Lipinski definition) is 1. The minimum absolute atomic E-state index is 0.0811. The van der Waals surface area contributed by atoms with Crippen LogP contribution < -0.4 is 5.32 Å². The summed E-state index contributed by atoms with van der Waals surface area (Å²) in [5, 5.41) is 8.48. The fraction of sp³-hybridized carbons (Fsp3) is 0.370. The molecule has 0 unspecified atom stereocenters. The van der Waals surface area contributed by atoms with E-state index in [1.807, 2.05) is 59.7 Å². The normalized spacial score (nSPS) is 11.6. The number of halogens is 2. The third-order valence-electron chi connectivity index (χ3n) is 5.40. The molecular formula is C27H32Cl2N4O2. The number of rotatable bonds is 7. The van der Waals surface area contributed by atoms with Crippen molar-refractivity contribution in [3.05, 3.63) is 75.4 Å². The fourth-order valence-corrected chi connectivity index (χ4v) is 3.84. The molecule has 0 atom stereocenters. The molecule has 6 nitrogen and oxygen atoms in total. The Balaban J connectivity index is 1.89. The van der Waals surface area contributed by atoms with Crippen LogP contribution >= 0.6 is 23.2 Å². The number of carbonyl (C=O) groups excluding carboxylic acids is 2. The molecule has 0 spiro atoms. The van der Waals surface area contributed by atoms with E-state index in [2.05, 4.69) is 5.32 Å². The molecule has 1 heterocycles. The summed E-state index contributed by atoms with van der Waals surface area (Å²) in [7, 11) is 0. The van der Waals surface area contributed by atoms with Crippen molar-refractivity contribution in [3.8, 4) is 5.69 Å². The molecule has 2 amide bonds. The van der Waals surface area contributed by atoms with Crippen LogP contribution in [0, 0.1) is 12.8 Å². The lowest BCUT2D eigenvalue weighted by Crippen LogP contribution is -2.40. The lowest BCUT2D eigenvalue weighted by molar-refractivity contribution is -0.117. The zero-order valence-corrected chi connectivity index (χ0v) is 22.5. The van der Waals surface area contributed by atoms with Crippen molar-refractivity contribution in [1.29, 1.82) is 0 Å². The second kappa shape index (κ2) is 10.8. The van der Waals surface area contributed by atoms with Crippen LogP contribution in [0.4, 0.5) is 5.82 Å². The summed E-state index contributed by atoms with van der Waals surface area (Å²) in [5.41, 5.74) is 2.85. The number of anilines is 1. The molecule has 0 aliphatic heterocycles. The summed E-state index contributed by atoms with van der Waals surface area (Å²) < 4.78 is 1.63. The molecular weight excluding hydrogens is 483 g/mol. The standard InChI is InChI=1S/C27H32Cl2N4O2/c1-17(2)15-32(26(35)19-9-7-18(3)8-10-19)16-25(34)30-24-14-23(27(4,5)6)31-33(24)20-11-12-21(28)22(29)13-20/h7-14,17H,15-16H2,1-6H3,(H,30,34). The lowest BCUT2D eigenvalue weighted by atomic mass is 9.92. The van der Waals surface area contributed by atoms with E-state index in [0.29, 0.717) is 33.7 Å². The van der Waals surface area contributed by atoms with Crippen molar-refractivity contribution in [3.63, 3.8) is 0 Å². The minimum Gasteiger partial charge on any atom is -0.329 e. The highest BCUT2D eigenvalue weighted by Gasteiger charge is 2.24. The van der Waals surface area contributed by atoms with Gasteiger partial charge < -0.3 is 10.2 Å². The van der Waals surface area contributed by atoms with Crippen molar-refractivity contribution >= 4 is 40.8 Å². The van der Waals surface area contributed by atoms with Gasteiger partial charge in [0.15, 0.2) is 0 Å². The Morgan fingerprint density at radius 2 is 1.69 bits per heavy atom. The van der Waals surface area contributed by atoms with E-state index in [1.165, 1.54) is 0 Å². The molecule has 186 valence electrons. The zero-order valence-electron chi connectivity index (χ0n) is 21.0. The third kappa shape index (κ3) is 6.86. The maximum Gasteiger partial charge on any atom is 0.254 e. The first-order chi connectivity index (χ1) is 16.3. The van der Waals surface area contributed by atoms with Gasteiger partial charge in [-0.05, 0) is 43.2 Å². The van der Waals surface area contributed by atoms with Gasteiger partial charge in [-0.25, -0.2) is 4.68 Å². The van der Waals surface area contributed by atoms with Crippen LogP contribution in [-0.2, 0) is 10.2 Å². The first-order valence-electron chi connectivity index (χ1n) is 11.6. The summed E-state index contributed by atoms with van der Waals surface area (Å²) in [5.74, 6) is 0.201. The summed E-state index contributed by atoms with van der Waals surface area (Å²) in [6.45, 7) is 12.5. The molecule has 0 aliphatic carbocycles. The Morgan fingerprint density at radius 3 is 2.26 bits per heavy atom. The van der Waals surface area contributed by atoms with E-state index < -0.39 is 0 Å². The first-order valence-corrected chi connectivity index (χ1v) is 12.3. The average Bonchev–Trinajstić information content (AvgIpc) is 3.19. The fourth-order valence-electron chi connectivity index (χ4n) is 3.54. The van der Waals surface area contributed by atoms with E-state index >= 15 is 0 Å². The molecule has 8 heteroatoms. The van der Waals surface area contributed by atoms with Crippen molar-refractivity contribution < 1.29 is 9.59 Å². The van der Waals surface area contributed by atoms with Crippen molar-refractivity contribution in [2.75, 3.05) is 18.4 Å². The third-order valence-corrected chi connectivity index (χ3v) is 6.14. The molecule has 35 heavy (non-hydrogen) atoms. The van der Waals surface area contributed by atoms with Crippen molar-refractivity contribution in [2.45, 2.75) is 47.0 Å². The molecule has 1 aromatic heterocycles. The second-order valence-corrected chi connectivity index (χ2v) is 11.0. The smallest absolute Gasteiger partial charge is 0.254 e. The van der Waals surface area contributed by atoms with E-state index in [1.54, 1.807) is 39.9 Å². The highest BCUT2D eigenvalue weighted by atomic mass is 35.5. The maximum atomic E-state index is 13.2. The Hall–Kier alpha value is -2.83. The molecule has 0 saturated heterocycles. The largest absolute Gasteiger partial charge is 0.329 e. The monoisotopic (exact) mass is 514 g/mol. The van der Waals surface area contributed by atoms with Gasteiger partial charge in [-0.15, -0.1) is 0 Å². The van der Waals surface area contributed by atoms with Crippen LogP contribution in [0.25, 0.3) is 5.69 Å². The lowest BCUT2D eigenvalue weighted by Gasteiger charge is -2.24. The first kappa shape index (κ1) is 26.8. The molecule has 1 N–H and O–H groups in total. The number of benzene rings is 2. The Kier molecular flexibility index (Phi) is 8.29. The van der Waals surface area contributed by atoms with E-state index in [4.69, 9.17) is 28.3 Å². The van der Waals surface area contributed by atoms with Gasteiger partial charge >= 0.3 is 0 Å². The number of nitrogens with zero attached hydrogens (tertiary/aromatic N) is 3. The number of hydrogen-bond acceptors (Lipinski definition) is 3. The Morgan fingerprint density at radius 1 is 1.03 bits per heavy atom. The summed E-state index contributed by atoms with van der Waals surface area (Å²) >= 11 is 12.3. The van der Waals surface area contributed by atoms with Crippen LogP contribution in [0.5, 0.6) is 0 Å². The highest BCUT2D eigenvalue weighted by molar-refractivity contribution is 6.42. The molecule has 0 radical (unpaired) electrons. The van der Waals surface area contributed by atoms with Crippen LogP contribution in [0.3, 0.4) is 0 Å². The second-order valence-electron chi connectivity index (χ2n) is 10.2. The molecule has 3 rings (SSSR count). The zero-order chi connectivity index (χ0) is 25.9. The minimum atomic E-state index is -0.312. The van der Waals surface area contributed by atoms with E-state index in [0.717, 1.165) is 11.3 Å².